The summed E-state index contributed by atoms with van der Waals surface area (Å²) in [5, 5.41) is 0. The normalized spacial score (nSPS) is 16.3. The van der Waals surface area contributed by atoms with E-state index in [1.807, 2.05) is 49.9 Å². The molecule has 23 heavy (non-hydrogen) atoms. The first-order valence-electron chi connectivity index (χ1n) is 8.33. The lowest BCUT2D eigenvalue weighted by Crippen LogP contribution is -2.49. The minimum Gasteiger partial charge on any atom is -0.490 e. The average Bonchev–Trinajstić information content (AvgIpc) is 2.54. The molecule has 0 bridgehead atoms. The molecule has 1 aliphatic heterocycles. The summed E-state index contributed by atoms with van der Waals surface area (Å²) in [7, 11) is 0. The van der Waals surface area contributed by atoms with Gasteiger partial charge in [-0.2, -0.15) is 0 Å². The first kappa shape index (κ1) is 17.6. The molecule has 5 heteroatoms. The van der Waals surface area contributed by atoms with Crippen LogP contribution in [0.15, 0.2) is 24.3 Å². The number of hydrogen-bond donors (Lipinski definition) is 1. The molecule has 1 amide bonds. The Labute approximate surface area is 138 Å². The molecule has 0 spiro atoms. The third-order valence-corrected chi connectivity index (χ3v) is 4.14. The predicted molar refractivity (Wildman–Crippen MR) is 90.7 cm³/mol. The van der Waals surface area contributed by atoms with E-state index in [9.17, 15) is 4.79 Å². The quantitative estimate of drug-likeness (QED) is 0.874. The van der Waals surface area contributed by atoms with Crippen LogP contribution >= 0.6 is 0 Å². The number of ether oxygens (including phenoxy) is 2. The molecule has 1 fully saturated rings. The average molecular weight is 320 g/mol. The zero-order chi connectivity index (χ0) is 16.9. The zero-order valence-electron chi connectivity index (χ0n) is 14.4. The summed E-state index contributed by atoms with van der Waals surface area (Å²) in [4.78, 5) is 14.6. The van der Waals surface area contributed by atoms with E-state index in [2.05, 4.69) is 0 Å². The van der Waals surface area contributed by atoms with Crippen LogP contribution in [0.5, 0.6) is 11.5 Å². The number of rotatable bonds is 6. The van der Waals surface area contributed by atoms with Crippen molar-refractivity contribution in [3.63, 3.8) is 0 Å². The molecule has 0 atom stereocenters. The molecule has 128 valence electrons. The van der Waals surface area contributed by atoms with Crippen molar-refractivity contribution in [1.29, 1.82) is 0 Å². The van der Waals surface area contributed by atoms with E-state index in [0.29, 0.717) is 24.7 Å². The summed E-state index contributed by atoms with van der Waals surface area (Å²) in [5.74, 6) is 1.51. The van der Waals surface area contributed by atoms with Gasteiger partial charge in [-0.3, -0.25) is 4.79 Å². The Morgan fingerprint density at radius 2 is 1.78 bits per heavy atom. The molecule has 0 unspecified atom stereocenters. The second-order valence-electron chi connectivity index (χ2n) is 6.68. The van der Waals surface area contributed by atoms with Crippen molar-refractivity contribution >= 4 is 5.91 Å². The number of nitrogens with two attached hydrogens (primary N) is 1. The van der Waals surface area contributed by atoms with E-state index < -0.39 is 5.41 Å². The fraction of sp³-hybridized carbons (Fsp3) is 0.611. The smallest absolute Gasteiger partial charge is 0.231 e. The van der Waals surface area contributed by atoms with Gasteiger partial charge in [-0.25, -0.2) is 0 Å². The molecular formula is C18H28N2O3. The summed E-state index contributed by atoms with van der Waals surface area (Å²) >= 11 is 0. The van der Waals surface area contributed by atoms with Crippen LogP contribution in [0.25, 0.3) is 0 Å². The van der Waals surface area contributed by atoms with Gasteiger partial charge >= 0.3 is 0 Å². The molecule has 0 aliphatic carbocycles. The Bertz CT molecular complexity index is 523. The minimum atomic E-state index is -0.583. The number of piperidine rings is 1. The highest BCUT2D eigenvalue weighted by molar-refractivity contribution is 5.82. The minimum absolute atomic E-state index is 0.123. The van der Waals surface area contributed by atoms with Crippen molar-refractivity contribution in [3.8, 4) is 11.5 Å². The molecule has 1 aromatic rings. The Morgan fingerprint density at radius 1 is 1.22 bits per heavy atom. The van der Waals surface area contributed by atoms with Crippen LogP contribution < -0.4 is 15.2 Å². The second-order valence-corrected chi connectivity index (χ2v) is 6.68. The number of carbonyl (C=O) groups is 1. The van der Waals surface area contributed by atoms with Gasteiger partial charge in [0.15, 0.2) is 11.5 Å². The first-order chi connectivity index (χ1) is 10.9. The third-order valence-electron chi connectivity index (χ3n) is 4.14. The highest BCUT2D eigenvalue weighted by Crippen LogP contribution is 2.29. The molecule has 2 N–H and O–H groups in total. The lowest BCUT2D eigenvalue weighted by molar-refractivity contribution is -0.143. The van der Waals surface area contributed by atoms with Gasteiger partial charge in [-0.1, -0.05) is 12.1 Å². The third kappa shape index (κ3) is 4.61. The van der Waals surface area contributed by atoms with Crippen molar-refractivity contribution < 1.29 is 14.3 Å². The van der Waals surface area contributed by atoms with Gasteiger partial charge in [0, 0.05) is 19.1 Å². The molecule has 1 saturated heterocycles. The van der Waals surface area contributed by atoms with Gasteiger partial charge in [0.2, 0.25) is 5.91 Å². The van der Waals surface area contributed by atoms with Crippen LogP contribution in [0.4, 0.5) is 0 Å². The summed E-state index contributed by atoms with van der Waals surface area (Å²) in [6.45, 7) is 8.15. The molecule has 0 radical (unpaired) electrons. The Hall–Kier alpha value is -1.75. The van der Waals surface area contributed by atoms with Crippen molar-refractivity contribution in [2.75, 3.05) is 26.3 Å². The lowest BCUT2D eigenvalue weighted by atomic mass is 9.91. The van der Waals surface area contributed by atoms with E-state index in [-0.39, 0.29) is 11.9 Å². The molecule has 1 aromatic carbocycles. The molecular weight excluding hydrogens is 292 g/mol. The standard InChI is InChI=1S/C18H28N2O3/c1-4-22-15-7-5-6-8-16(15)23-13-18(2,3)17(21)20-11-9-14(19)10-12-20/h5-8,14H,4,9-13,19H2,1-3H3. The van der Waals surface area contributed by atoms with Crippen LogP contribution in [-0.4, -0.2) is 43.2 Å². The van der Waals surface area contributed by atoms with Gasteiger partial charge in [0.1, 0.15) is 6.61 Å². The van der Waals surface area contributed by atoms with Gasteiger partial charge in [0.05, 0.1) is 12.0 Å². The van der Waals surface area contributed by atoms with Crippen LogP contribution in [0.1, 0.15) is 33.6 Å². The first-order valence-corrected chi connectivity index (χ1v) is 8.33. The molecule has 0 saturated carbocycles. The molecule has 5 nitrogen and oxygen atoms in total. The predicted octanol–water partition coefficient (Wildman–Crippen LogP) is 2.44. The van der Waals surface area contributed by atoms with Crippen LogP contribution in [-0.2, 0) is 4.79 Å². The van der Waals surface area contributed by atoms with E-state index >= 15 is 0 Å². The molecule has 1 heterocycles. The molecule has 0 aromatic heterocycles. The molecule has 1 aliphatic rings. The number of nitrogens with zero attached hydrogens (tertiary/aromatic N) is 1. The number of amides is 1. The van der Waals surface area contributed by atoms with Gasteiger partial charge < -0.3 is 20.1 Å². The van der Waals surface area contributed by atoms with Crippen LogP contribution in [0, 0.1) is 5.41 Å². The maximum Gasteiger partial charge on any atom is 0.231 e. The maximum absolute atomic E-state index is 12.7. The Morgan fingerprint density at radius 3 is 2.35 bits per heavy atom. The Balaban J connectivity index is 1.97. The van der Waals surface area contributed by atoms with E-state index in [4.69, 9.17) is 15.2 Å². The van der Waals surface area contributed by atoms with Crippen molar-refractivity contribution in [3.05, 3.63) is 24.3 Å². The molecule has 2 rings (SSSR count). The topological polar surface area (TPSA) is 64.8 Å². The fourth-order valence-corrected chi connectivity index (χ4v) is 2.69. The van der Waals surface area contributed by atoms with Gasteiger partial charge in [0.25, 0.3) is 0 Å². The van der Waals surface area contributed by atoms with Crippen molar-refractivity contribution in [2.45, 2.75) is 39.7 Å². The number of para-hydroxylation sites is 2. The number of benzene rings is 1. The van der Waals surface area contributed by atoms with Gasteiger partial charge in [-0.05, 0) is 45.7 Å². The van der Waals surface area contributed by atoms with Crippen LogP contribution in [0.2, 0.25) is 0 Å². The van der Waals surface area contributed by atoms with E-state index in [1.54, 1.807) is 0 Å². The van der Waals surface area contributed by atoms with E-state index in [1.165, 1.54) is 0 Å². The van der Waals surface area contributed by atoms with Crippen molar-refractivity contribution in [1.82, 2.24) is 4.90 Å². The summed E-state index contributed by atoms with van der Waals surface area (Å²) in [5.41, 5.74) is 5.33. The Kier molecular flexibility index (Phi) is 5.88. The number of hydrogen-bond acceptors (Lipinski definition) is 4. The lowest BCUT2D eigenvalue weighted by Gasteiger charge is -2.36. The monoisotopic (exact) mass is 320 g/mol. The number of likely N-dealkylation sites (tertiary alicyclic amines) is 1. The fourth-order valence-electron chi connectivity index (χ4n) is 2.69. The second kappa shape index (κ2) is 7.68. The largest absolute Gasteiger partial charge is 0.490 e. The highest BCUT2D eigenvalue weighted by atomic mass is 16.5. The van der Waals surface area contributed by atoms with E-state index in [0.717, 1.165) is 25.9 Å². The SMILES string of the molecule is CCOc1ccccc1OCC(C)(C)C(=O)N1CCC(N)CC1. The summed E-state index contributed by atoms with van der Waals surface area (Å²) in [6, 6.07) is 7.77. The number of carbonyl (C=O) groups excluding carboxylic acids is 1. The summed E-state index contributed by atoms with van der Waals surface area (Å²) < 4.78 is 11.4. The van der Waals surface area contributed by atoms with Crippen LogP contribution in [0.3, 0.4) is 0 Å². The zero-order valence-corrected chi connectivity index (χ0v) is 14.4. The highest BCUT2D eigenvalue weighted by Gasteiger charge is 2.34. The maximum atomic E-state index is 12.7. The van der Waals surface area contributed by atoms with Gasteiger partial charge in [-0.15, -0.1) is 0 Å². The summed E-state index contributed by atoms with van der Waals surface area (Å²) in [6.07, 6.45) is 1.74. The van der Waals surface area contributed by atoms with Crippen molar-refractivity contribution in [2.24, 2.45) is 11.1 Å².